The minimum Gasteiger partial charge on any atom is -0.362 e. The summed E-state index contributed by atoms with van der Waals surface area (Å²) in [6.45, 7) is 6.89. The SMILES string of the molecule is [C-]#[N+]c1cncn1-c1ccccn1. The molecule has 0 saturated heterocycles. The van der Waals surface area contributed by atoms with Crippen molar-refractivity contribution in [3.05, 3.63) is 48.3 Å². The highest BCUT2D eigenvalue weighted by atomic mass is 15.2. The fourth-order valence-electron chi connectivity index (χ4n) is 1.04. The first-order valence-electron chi connectivity index (χ1n) is 3.73. The predicted octanol–water partition coefficient (Wildman–Crippen LogP) is 1.82. The second-order valence-corrected chi connectivity index (χ2v) is 2.42. The molecule has 62 valence electrons. The highest BCUT2D eigenvalue weighted by Crippen LogP contribution is 2.15. The molecule has 4 nitrogen and oxygen atoms in total. The summed E-state index contributed by atoms with van der Waals surface area (Å²) in [6.07, 6.45) is 4.78. The summed E-state index contributed by atoms with van der Waals surface area (Å²) in [7, 11) is 0. The first-order valence-corrected chi connectivity index (χ1v) is 3.73. The number of hydrogen-bond donors (Lipinski definition) is 0. The van der Waals surface area contributed by atoms with Gasteiger partial charge >= 0.3 is 0 Å². The minimum atomic E-state index is 0.471. The van der Waals surface area contributed by atoms with Crippen molar-refractivity contribution in [2.45, 2.75) is 0 Å². The van der Waals surface area contributed by atoms with Crippen LogP contribution in [0.3, 0.4) is 0 Å². The molecular formula is C9H6N4. The largest absolute Gasteiger partial charge is 0.362 e. The van der Waals surface area contributed by atoms with Gasteiger partial charge in [-0.15, -0.1) is 0 Å². The third kappa shape index (κ3) is 1.27. The Morgan fingerprint density at radius 2 is 2.31 bits per heavy atom. The number of hydrogen-bond acceptors (Lipinski definition) is 2. The molecule has 0 aliphatic rings. The molecule has 0 N–H and O–H groups in total. The Bertz CT molecular complexity index is 438. The molecule has 0 unspecified atom stereocenters. The highest BCUT2D eigenvalue weighted by Gasteiger charge is 2.04. The molecule has 2 heterocycles. The summed E-state index contributed by atoms with van der Waals surface area (Å²) in [5.74, 6) is 1.18. The maximum Gasteiger partial charge on any atom is 0.255 e. The molecule has 0 bridgehead atoms. The molecular weight excluding hydrogens is 164 g/mol. The molecule has 2 aromatic rings. The Balaban J connectivity index is 2.54. The van der Waals surface area contributed by atoms with Gasteiger partial charge in [-0.3, -0.25) is 0 Å². The summed E-state index contributed by atoms with van der Waals surface area (Å²) < 4.78 is 1.65. The van der Waals surface area contributed by atoms with Crippen molar-refractivity contribution in [2.75, 3.05) is 0 Å². The third-order valence-electron chi connectivity index (χ3n) is 1.63. The van der Waals surface area contributed by atoms with Gasteiger partial charge in [0.15, 0.2) is 6.33 Å². The number of pyridine rings is 1. The van der Waals surface area contributed by atoms with Gasteiger partial charge in [-0.2, -0.15) is 0 Å². The summed E-state index contributed by atoms with van der Waals surface area (Å²) in [4.78, 5) is 11.3. The van der Waals surface area contributed by atoms with Crippen LogP contribution in [0.5, 0.6) is 0 Å². The van der Waals surface area contributed by atoms with Crippen LogP contribution in [-0.4, -0.2) is 14.5 Å². The van der Waals surface area contributed by atoms with E-state index in [4.69, 9.17) is 6.57 Å². The molecule has 0 fully saturated rings. The Morgan fingerprint density at radius 1 is 1.38 bits per heavy atom. The first-order chi connectivity index (χ1) is 6.42. The van der Waals surface area contributed by atoms with Gasteiger partial charge in [0.05, 0.1) is 6.20 Å². The lowest BCUT2D eigenvalue weighted by atomic mass is 10.4. The van der Waals surface area contributed by atoms with E-state index in [1.54, 1.807) is 17.1 Å². The summed E-state index contributed by atoms with van der Waals surface area (Å²) in [5.41, 5.74) is 0. The maximum absolute atomic E-state index is 6.89. The highest BCUT2D eigenvalue weighted by molar-refractivity contribution is 5.41. The molecule has 2 aromatic heterocycles. The zero-order valence-corrected chi connectivity index (χ0v) is 6.75. The predicted molar refractivity (Wildman–Crippen MR) is 47.6 cm³/mol. The van der Waals surface area contributed by atoms with Crippen LogP contribution in [0.2, 0.25) is 0 Å². The summed E-state index contributed by atoms with van der Waals surface area (Å²) in [6, 6.07) is 5.53. The van der Waals surface area contributed by atoms with Crippen molar-refractivity contribution in [1.29, 1.82) is 0 Å². The molecule has 4 heteroatoms. The quantitative estimate of drug-likeness (QED) is 0.612. The molecule has 0 aliphatic carbocycles. The van der Waals surface area contributed by atoms with Crippen LogP contribution in [0.25, 0.3) is 10.7 Å². The summed E-state index contributed by atoms with van der Waals surface area (Å²) in [5, 5.41) is 0. The van der Waals surface area contributed by atoms with Crippen LogP contribution in [0.1, 0.15) is 0 Å². The van der Waals surface area contributed by atoms with E-state index in [0.29, 0.717) is 11.6 Å². The van der Waals surface area contributed by atoms with Crippen LogP contribution < -0.4 is 0 Å². The van der Waals surface area contributed by atoms with Crippen LogP contribution in [0.4, 0.5) is 5.82 Å². The van der Waals surface area contributed by atoms with Gasteiger partial charge in [-0.05, 0) is 6.07 Å². The van der Waals surface area contributed by atoms with Gasteiger partial charge in [0, 0.05) is 12.3 Å². The lowest BCUT2D eigenvalue weighted by Crippen LogP contribution is -1.92. The average Bonchev–Trinajstić information content (AvgIpc) is 2.67. The Hall–Kier alpha value is -2.15. The molecule has 2 rings (SSSR count). The van der Waals surface area contributed by atoms with Gasteiger partial charge in [-0.25, -0.2) is 14.5 Å². The third-order valence-corrected chi connectivity index (χ3v) is 1.63. The Kier molecular flexibility index (Phi) is 1.77. The number of nitrogens with zero attached hydrogens (tertiary/aromatic N) is 4. The maximum atomic E-state index is 6.89. The monoisotopic (exact) mass is 170 g/mol. The fraction of sp³-hybridized carbons (Fsp3) is 0. The molecule has 0 aromatic carbocycles. The van der Waals surface area contributed by atoms with E-state index in [1.165, 1.54) is 6.20 Å². The lowest BCUT2D eigenvalue weighted by molar-refractivity contribution is 1.01. The van der Waals surface area contributed by atoms with Gasteiger partial charge in [0.1, 0.15) is 0 Å². The van der Waals surface area contributed by atoms with E-state index in [-0.39, 0.29) is 0 Å². The lowest BCUT2D eigenvalue weighted by Gasteiger charge is -1.96. The fourth-order valence-corrected chi connectivity index (χ4v) is 1.04. The second kappa shape index (κ2) is 3.07. The average molecular weight is 170 g/mol. The van der Waals surface area contributed by atoms with Gasteiger partial charge in [0.2, 0.25) is 5.82 Å². The molecule has 0 spiro atoms. The smallest absolute Gasteiger partial charge is 0.255 e. The number of imidazole rings is 1. The minimum absolute atomic E-state index is 0.471. The van der Waals surface area contributed by atoms with Crippen LogP contribution in [-0.2, 0) is 0 Å². The molecule has 0 aliphatic heterocycles. The summed E-state index contributed by atoms with van der Waals surface area (Å²) >= 11 is 0. The van der Waals surface area contributed by atoms with Crippen molar-refractivity contribution in [3.63, 3.8) is 0 Å². The normalized spacial score (nSPS) is 9.46. The van der Waals surface area contributed by atoms with E-state index >= 15 is 0 Å². The molecule has 0 atom stereocenters. The molecule has 0 saturated carbocycles. The second-order valence-electron chi connectivity index (χ2n) is 2.42. The molecule has 0 amide bonds. The van der Waals surface area contributed by atoms with E-state index in [2.05, 4.69) is 14.8 Å². The molecule has 13 heavy (non-hydrogen) atoms. The van der Waals surface area contributed by atoms with Crippen molar-refractivity contribution in [1.82, 2.24) is 14.5 Å². The van der Waals surface area contributed by atoms with Crippen LogP contribution in [0, 0.1) is 6.57 Å². The van der Waals surface area contributed by atoms with Crippen molar-refractivity contribution >= 4 is 5.82 Å². The Labute approximate surface area is 75.3 Å². The number of aromatic nitrogens is 3. The van der Waals surface area contributed by atoms with Gasteiger partial charge < -0.3 is 4.85 Å². The van der Waals surface area contributed by atoms with Crippen LogP contribution in [0.15, 0.2) is 36.9 Å². The standard InChI is InChI=1S/C9H6N4/c1-10-9-6-11-7-13(9)8-4-2-3-5-12-8/h2-7H. The van der Waals surface area contributed by atoms with Crippen LogP contribution >= 0.6 is 0 Å². The zero-order valence-electron chi connectivity index (χ0n) is 6.75. The number of rotatable bonds is 1. The topological polar surface area (TPSA) is 35.1 Å². The van der Waals surface area contributed by atoms with Crippen molar-refractivity contribution in [2.24, 2.45) is 0 Å². The molecule has 0 radical (unpaired) electrons. The van der Waals surface area contributed by atoms with E-state index in [1.807, 2.05) is 18.2 Å². The van der Waals surface area contributed by atoms with Crippen molar-refractivity contribution < 1.29 is 0 Å². The van der Waals surface area contributed by atoms with E-state index in [9.17, 15) is 0 Å². The Morgan fingerprint density at radius 3 is 3.00 bits per heavy atom. The zero-order chi connectivity index (χ0) is 9.10. The van der Waals surface area contributed by atoms with Gasteiger partial charge in [-0.1, -0.05) is 12.6 Å². The van der Waals surface area contributed by atoms with Gasteiger partial charge in [0.25, 0.3) is 5.82 Å². The van der Waals surface area contributed by atoms with Crippen molar-refractivity contribution in [3.8, 4) is 5.82 Å². The first kappa shape index (κ1) is 7.50. The van der Waals surface area contributed by atoms with E-state index < -0.39 is 0 Å². The van der Waals surface area contributed by atoms with E-state index in [0.717, 1.165) is 0 Å².